The van der Waals surface area contributed by atoms with Gasteiger partial charge in [-0.2, -0.15) is 0 Å². The molecule has 0 radical (unpaired) electrons. The van der Waals surface area contributed by atoms with E-state index in [1.165, 1.54) is 25.3 Å². The number of hydrogen-bond acceptors (Lipinski definition) is 6. The van der Waals surface area contributed by atoms with Crippen molar-refractivity contribution in [3.05, 3.63) is 53.1 Å². The second-order valence-corrected chi connectivity index (χ2v) is 6.99. The van der Waals surface area contributed by atoms with Gasteiger partial charge in [-0.15, -0.1) is 0 Å². The second kappa shape index (κ2) is 6.96. The van der Waals surface area contributed by atoms with Crippen LogP contribution < -0.4 is 9.47 Å². The molecule has 0 fully saturated rings. The minimum absolute atomic E-state index is 0.0155. The Morgan fingerprint density at radius 3 is 2.56 bits per heavy atom. The molecule has 0 saturated carbocycles. The van der Waals surface area contributed by atoms with Crippen LogP contribution in [0.4, 0.5) is 0 Å². The van der Waals surface area contributed by atoms with Crippen molar-refractivity contribution >= 4 is 11.9 Å². The minimum Gasteiger partial charge on any atom is -0.508 e. The fourth-order valence-electron chi connectivity index (χ4n) is 2.98. The molecular weight excluding hydrogens is 348 g/mol. The summed E-state index contributed by atoms with van der Waals surface area (Å²) in [5.41, 5.74) is 0.304. The Kier molecular flexibility index (Phi) is 4.85. The van der Waals surface area contributed by atoms with Crippen molar-refractivity contribution in [1.29, 1.82) is 0 Å². The minimum atomic E-state index is -0.820. The van der Waals surface area contributed by atoms with Crippen molar-refractivity contribution in [2.24, 2.45) is 0 Å². The first kappa shape index (κ1) is 18.8. The number of fused-ring (bicyclic) bond motifs is 1. The monoisotopic (exact) mass is 370 g/mol. The summed E-state index contributed by atoms with van der Waals surface area (Å²) < 4.78 is 11.1. The number of allylic oxidation sites excluding steroid dienone is 1. The van der Waals surface area contributed by atoms with Gasteiger partial charge in [-0.05, 0) is 37.6 Å². The van der Waals surface area contributed by atoms with Gasteiger partial charge < -0.3 is 24.8 Å². The van der Waals surface area contributed by atoms with E-state index in [1.54, 1.807) is 38.1 Å². The van der Waals surface area contributed by atoms with Gasteiger partial charge in [0.1, 0.15) is 34.2 Å². The van der Waals surface area contributed by atoms with E-state index in [0.29, 0.717) is 11.3 Å². The van der Waals surface area contributed by atoms with Gasteiger partial charge in [-0.1, -0.05) is 18.2 Å². The molecule has 1 heterocycles. The molecule has 2 aromatic rings. The lowest BCUT2D eigenvalue weighted by molar-refractivity contribution is -0.0418. The Bertz CT molecular complexity index is 896. The molecule has 1 atom stereocenters. The van der Waals surface area contributed by atoms with E-state index in [-0.39, 0.29) is 29.2 Å². The molecule has 142 valence electrons. The van der Waals surface area contributed by atoms with E-state index in [4.69, 9.17) is 9.47 Å². The lowest BCUT2D eigenvalue weighted by Crippen LogP contribution is -2.46. The van der Waals surface area contributed by atoms with Crippen molar-refractivity contribution in [1.82, 2.24) is 0 Å². The molecule has 3 rings (SSSR count). The van der Waals surface area contributed by atoms with Crippen LogP contribution in [0.5, 0.6) is 23.0 Å². The van der Waals surface area contributed by atoms with Crippen LogP contribution in [0.3, 0.4) is 0 Å². The van der Waals surface area contributed by atoms with Crippen LogP contribution in [-0.4, -0.2) is 39.9 Å². The quantitative estimate of drug-likeness (QED) is 0.565. The third-order valence-electron chi connectivity index (χ3n) is 4.69. The molecule has 0 aliphatic carbocycles. The highest BCUT2D eigenvalue weighted by molar-refractivity contribution is 6.11. The number of aromatic hydroxyl groups is 2. The van der Waals surface area contributed by atoms with Gasteiger partial charge in [0.2, 0.25) is 0 Å². The van der Waals surface area contributed by atoms with E-state index < -0.39 is 17.5 Å². The summed E-state index contributed by atoms with van der Waals surface area (Å²) >= 11 is 0. The Morgan fingerprint density at radius 2 is 1.93 bits per heavy atom. The number of ether oxygens (including phenoxy) is 2. The number of benzene rings is 2. The van der Waals surface area contributed by atoms with Crippen LogP contribution >= 0.6 is 0 Å². The smallest absolute Gasteiger partial charge is 0.193 e. The van der Waals surface area contributed by atoms with E-state index in [2.05, 4.69) is 0 Å². The van der Waals surface area contributed by atoms with Gasteiger partial charge in [0, 0.05) is 18.1 Å². The van der Waals surface area contributed by atoms with Crippen molar-refractivity contribution < 1.29 is 29.6 Å². The predicted molar refractivity (Wildman–Crippen MR) is 101 cm³/mol. The average Bonchev–Trinajstić information content (AvgIpc) is 2.62. The molecular formula is C21H22O6. The summed E-state index contributed by atoms with van der Waals surface area (Å²) in [7, 11) is 1.41. The Labute approximate surface area is 157 Å². The fraction of sp³-hybridized carbons (Fsp3) is 0.286. The molecule has 1 aliphatic rings. The highest BCUT2D eigenvalue weighted by atomic mass is 16.5. The van der Waals surface area contributed by atoms with Gasteiger partial charge in [0.05, 0.1) is 13.2 Å². The highest BCUT2D eigenvalue weighted by Crippen LogP contribution is 2.44. The molecule has 0 amide bonds. The first-order valence-corrected chi connectivity index (χ1v) is 8.54. The van der Waals surface area contributed by atoms with Crippen molar-refractivity contribution in [3.63, 3.8) is 0 Å². The summed E-state index contributed by atoms with van der Waals surface area (Å²) in [5, 5.41) is 30.2. The Hall–Kier alpha value is -2.99. The summed E-state index contributed by atoms with van der Waals surface area (Å²) in [6.07, 6.45) is 2.24. The largest absolute Gasteiger partial charge is 0.508 e. The van der Waals surface area contributed by atoms with Crippen LogP contribution in [0, 0.1) is 0 Å². The summed E-state index contributed by atoms with van der Waals surface area (Å²) in [6.45, 7) is 3.51. The zero-order valence-corrected chi connectivity index (χ0v) is 15.4. The predicted octanol–water partition coefficient (Wildman–Crippen LogP) is 3.08. The number of carbonyl (C=O) groups is 1. The molecule has 6 nitrogen and oxygen atoms in total. The zero-order chi connectivity index (χ0) is 19.8. The van der Waals surface area contributed by atoms with Gasteiger partial charge >= 0.3 is 0 Å². The molecule has 6 heteroatoms. The third-order valence-corrected chi connectivity index (χ3v) is 4.69. The van der Waals surface area contributed by atoms with Gasteiger partial charge in [-0.25, -0.2) is 0 Å². The van der Waals surface area contributed by atoms with Crippen molar-refractivity contribution in [3.8, 4) is 23.0 Å². The van der Waals surface area contributed by atoms with Crippen LogP contribution in [-0.2, 0) is 6.42 Å². The summed E-state index contributed by atoms with van der Waals surface area (Å²) in [4.78, 5) is 12.7. The number of hydrogen-bond donors (Lipinski definition) is 3. The number of methoxy groups -OCH3 is 1. The molecule has 2 aromatic carbocycles. The molecule has 3 N–H and O–H groups in total. The molecule has 0 saturated heterocycles. The van der Waals surface area contributed by atoms with Gasteiger partial charge in [0.15, 0.2) is 5.78 Å². The number of phenols is 2. The van der Waals surface area contributed by atoms with Gasteiger partial charge in [-0.3, -0.25) is 4.79 Å². The summed E-state index contributed by atoms with van der Waals surface area (Å²) in [6, 6.07) is 7.91. The van der Waals surface area contributed by atoms with Gasteiger partial charge in [0.25, 0.3) is 0 Å². The van der Waals surface area contributed by atoms with Crippen LogP contribution in [0.25, 0.3) is 6.08 Å². The first-order valence-electron chi connectivity index (χ1n) is 8.54. The molecule has 1 aliphatic heterocycles. The van der Waals surface area contributed by atoms with Crippen LogP contribution in [0.15, 0.2) is 36.4 Å². The molecule has 0 unspecified atom stereocenters. The number of phenolic OH excluding ortho intramolecular Hbond substituents is 2. The van der Waals surface area contributed by atoms with Crippen molar-refractivity contribution in [2.45, 2.75) is 32.0 Å². The molecule has 0 spiro atoms. The topological polar surface area (TPSA) is 96.2 Å². The SMILES string of the molecule is COc1cc2c(c(O)c1C(=O)C=Cc1ccc(O)cc1)C[C@@H](O)C(C)(C)O2. The average molecular weight is 370 g/mol. The second-order valence-electron chi connectivity index (χ2n) is 6.99. The van der Waals surface area contributed by atoms with Crippen LogP contribution in [0.1, 0.15) is 35.3 Å². The zero-order valence-electron chi connectivity index (χ0n) is 15.4. The number of aliphatic hydroxyl groups excluding tert-OH is 1. The maximum Gasteiger partial charge on any atom is 0.193 e. The van der Waals surface area contributed by atoms with Crippen LogP contribution in [0.2, 0.25) is 0 Å². The lowest BCUT2D eigenvalue weighted by Gasteiger charge is -2.37. The van der Waals surface area contributed by atoms with E-state index >= 15 is 0 Å². The van der Waals surface area contributed by atoms with E-state index in [9.17, 15) is 20.1 Å². The molecule has 0 bridgehead atoms. The number of aliphatic hydroxyl groups is 1. The third kappa shape index (κ3) is 3.61. The Morgan fingerprint density at radius 1 is 1.26 bits per heavy atom. The number of rotatable bonds is 4. The fourth-order valence-corrected chi connectivity index (χ4v) is 2.98. The molecule has 0 aromatic heterocycles. The standard InChI is InChI=1S/C21H22O6/c1-21(2)18(24)10-14-16(27-21)11-17(26-3)19(20(14)25)15(23)9-6-12-4-7-13(22)8-5-12/h4-9,11,18,22,24-25H,10H2,1-3H3/t18-/m1/s1. The van der Waals surface area contributed by atoms with E-state index in [1.807, 2.05) is 0 Å². The highest BCUT2D eigenvalue weighted by Gasteiger charge is 2.38. The molecule has 27 heavy (non-hydrogen) atoms. The summed E-state index contributed by atoms with van der Waals surface area (Å²) in [5.74, 6) is 0.0188. The van der Waals surface area contributed by atoms with Crippen molar-refractivity contribution in [2.75, 3.05) is 7.11 Å². The number of ketones is 1. The first-order chi connectivity index (χ1) is 12.7. The number of carbonyl (C=O) groups excluding carboxylic acids is 1. The lowest BCUT2D eigenvalue weighted by atomic mass is 9.89. The maximum absolute atomic E-state index is 12.7. The normalized spacial score (nSPS) is 18.0. The Balaban J connectivity index is 1.99. The van der Waals surface area contributed by atoms with E-state index in [0.717, 1.165) is 5.56 Å². The maximum atomic E-state index is 12.7.